The van der Waals surface area contributed by atoms with Crippen LogP contribution in [-0.2, 0) is 0 Å². The van der Waals surface area contributed by atoms with Crippen LogP contribution in [0.1, 0.15) is 43.5 Å². The first kappa shape index (κ1) is 19.4. The molecule has 1 aliphatic carbocycles. The van der Waals surface area contributed by atoms with Crippen molar-refractivity contribution in [2.45, 2.75) is 33.1 Å². The molecule has 29 heavy (non-hydrogen) atoms. The van der Waals surface area contributed by atoms with Gasteiger partial charge in [0, 0.05) is 24.0 Å². The summed E-state index contributed by atoms with van der Waals surface area (Å²) in [4.78, 5) is 20.4. The zero-order chi connectivity index (χ0) is 20.2. The van der Waals surface area contributed by atoms with Gasteiger partial charge in [-0.15, -0.1) is 0 Å². The number of pyridine rings is 1. The van der Waals surface area contributed by atoms with Gasteiger partial charge >= 0.3 is 0 Å². The number of carbonyl (C=O) groups excluding carboxylic acids is 1. The van der Waals surface area contributed by atoms with E-state index in [0.29, 0.717) is 12.5 Å². The highest BCUT2D eigenvalue weighted by atomic mass is 16.5. The maximum absolute atomic E-state index is 13.5. The Morgan fingerprint density at radius 2 is 1.86 bits per heavy atom. The highest BCUT2D eigenvalue weighted by Gasteiger charge is 2.28. The summed E-state index contributed by atoms with van der Waals surface area (Å²) in [6.45, 7) is 6.40. The number of nitrogens with zero attached hydrogens (tertiary/aromatic N) is 2. The molecule has 0 saturated heterocycles. The second-order valence-corrected chi connectivity index (χ2v) is 7.72. The van der Waals surface area contributed by atoms with Crippen molar-refractivity contribution in [3.63, 3.8) is 0 Å². The van der Waals surface area contributed by atoms with Gasteiger partial charge in [0.1, 0.15) is 5.75 Å². The van der Waals surface area contributed by atoms with Crippen LogP contribution in [0.3, 0.4) is 0 Å². The van der Waals surface area contributed by atoms with Crippen molar-refractivity contribution < 1.29 is 9.53 Å². The summed E-state index contributed by atoms with van der Waals surface area (Å²) in [5, 5.41) is 0.920. The number of hydrogen-bond donors (Lipinski definition) is 0. The molecule has 1 heterocycles. The number of para-hydroxylation sites is 1. The number of benzene rings is 2. The van der Waals surface area contributed by atoms with Gasteiger partial charge in [0.15, 0.2) is 0 Å². The number of rotatable bonds is 8. The lowest BCUT2D eigenvalue weighted by Crippen LogP contribution is -2.33. The Kier molecular flexibility index (Phi) is 5.79. The summed E-state index contributed by atoms with van der Waals surface area (Å²) in [6.07, 6.45) is 3.44. The first-order valence-corrected chi connectivity index (χ1v) is 10.6. The average Bonchev–Trinajstić information content (AvgIpc) is 3.57. The van der Waals surface area contributed by atoms with Gasteiger partial charge in [0.25, 0.3) is 5.91 Å². The minimum absolute atomic E-state index is 0.115. The average molecular weight is 389 g/mol. The first-order chi connectivity index (χ1) is 14.2. The molecule has 1 aliphatic rings. The van der Waals surface area contributed by atoms with Crippen molar-refractivity contribution in [2.24, 2.45) is 5.92 Å². The standard InChI is InChI=1S/C25H28N2O2/c1-3-15-27(17-18-9-10-18)25(28)22-16-24(26-23-8-6-5-7-21(22)23)19-11-13-20(14-12-19)29-4-2/h5-8,11-14,16,18H,3-4,9-10,15,17H2,1-2H3. The Labute approximate surface area is 172 Å². The molecule has 1 aromatic heterocycles. The van der Waals surface area contributed by atoms with Crippen molar-refractivity contribution in [3.05, 3.63) is 60.2 Å². The molecule has 0 unspecified atom stereocenters. The predicted octanol–water partition coefficient (Wildman–Crippen LogP) is 5.56. The fourth-order valence-corrected chi connectivity index (χ4v) is 3.72. The monoisotopic (exact) mass is 388 g/mol. The Morgan fingerprint density at radius 1 is 1.10 bits per heavy atom. The quantitative estimate of drug-likeness (QED) is 0.507. The lowest BCUT2D eigenvalue weighted by Gasteiger charge is -2.23. The number of hydrogen-bond acceptors (Lipinski definition) is 3. The summed E-state index contributed by atoms with van der Waals surface area (Å²) < 4.78 is 5.55. The third kappa shape index (κ3) is 4.42. The van der Waals surface area contributed by atoms with Crippen LogP contribution in [0.25, 0.3) is 22.2 Å². The van der Waals surface area contributed by atoms with Crippen LogP contribution < -0.4 is 4.74 Å². The van der Waals surface area contributed by atoms with E-state index < -0.39 is 0 Å². The maximum Gasteiger partial charge on any atom is 0.254 e. The Bertz CT molecular complexity index is 993. The zero-order valence-corrected chi connectivity index (χ0v) is 17.2. The van der Waals surface area contributed by atoms with Gasteiger partial charge in [-0.1, -0.05) is 25.1 Å². The second kappa shape index (κ2) is 8.64. The van der Waals surface area contributed by atoms with Crippen LogP contribution in [0.4, 0.5) is 0 Å². The van der Waals surface area contributed by atoms with E-state index in [1.54, 1.807) is 0 Å². The van der Waals surface area contributed by atoms with Gasteiger partial charge in [-0.3, -0.25) is 4.79 Å². The van der Waals surface area contributed by atoms with Crippen LogP contribution in [0.15, 0.2) is 54.6 Å². The number of amides is 1. The molecule has 1 amide bonds. The summed E-state index contributed by atoms with van der Waals surface area (Å²) in [7, 11) is 0. The van der Waals surface area contributed by atoms with Crippen molar-refractivity contribution >= 4 is 16.8 Å². The van der Waals surface area contributed by atoms with Gasteiger partial charge in [0.2, 0.25) is 0 Å². The highest BCUT2D eigenvalue weighted by molar-refractivity contribution is 6.07. The smallest absolute Gasteiger partial charge is 0.254 e. The highest BCUT2D eigenvalue weighted by Crippen LogP contribution is 2.32. The van der Waals surface area contributed by atoms with E-state index in [2.05, 4.69) is 6.92 Å². The molecule has 0 spiro atoms. The van der Waals surface area contributed by atoms with Crippen molar-refractivity contribution in [2.75, 3.05) is 19.7 Å². The second-order valence-electron chi connectivity index (χ2n) is 7.72. The van der Waals surface area contributed by atoms with Gasteiger partial charge in [0.05, 0.1) is 23.4 Å². The third-order valence-corrected chi connectivity index (χ3v) is 5.36. The van der Waals surface area contributed by atoms with E-state index in [4.69, 9.17) is 9.72 Å². The van der Waals surface area contributed by atoms with Crippen molar-refractivity contribution in [3.8, 4) is 17.0 Å². The molecular weight excluding hydrogens is 360 g/mol. The van der Waals surface area contributed by atoms with E-state index in [1.807, 2.05) is 66.4 Å². The summed E-state index contributed by atoms with van der Waals surface area (Å²) in [5.74, 6) is 1.63. The SMILES string of the molecule is CCCN(CC1CC1)C(=O)c1cc(-c2ccc(OCC)cc2)nc2ccccc12. The molecule has 0 N–H and O–H groups in total. The molecule has 0 bridgehead atoms. The van der Waals surface area contributed by atoms with Crippen LogP contribution >= 0.6 is 0 Å². The number of carbonyl (C=O) groups is 1. The minimum atomic E-state index is 0.115. The molecular formula is C25H28N2O2. The minimum Gasteiger partial charge on any atom is -0.494 e. The van der Waals surface area contributed by atoms with E-state index in [-0.39, 0.29) is 5.91 Å². The lowest BCUT2D eigenvalue weighted by atomic mass is 10.0. The van der Waals surface area contributed by atoms with Gasteiger partial charge in [-0.05, 0) is 68.5 Å². The van der Waals surface area contributed by atoms with E-state index in [9.17, 15) is 4.79 Å². The Hall–Kier alpha value is -2.88. The maximum atomic E-state index is 13.5. The molecule has 1 fully saturated rings. The van der Waals surface area contributed by atoms with Crippen molar-refractivity contribution in [1.29, 1.82) is 0 Å². The topological polar surface area (TPSA) is 42.4 Å². The van der Waals surface area contributed by atoms with Crippen LogP contribution in [0, 0.1) is 5.92 Å². The molecule has 3 aromatic rings. The molecule has 1 saturated carbocycles. The molecule has 150 valence electrons. The molecule has 4 rings (SSSR count). The van der Waals surface area contributed by atoms with Crippen molar-refractivity contribution in [1.82, 2.24) is 9.88 Å². The van der Waals surface area contributed by atoms with E-state index in [1.165, 1.54) is 12.8 Å². The Balaban J connectivity index is 1.74. The third-order valence-electron chi connectivity index (χ3n) is 5.36. The fourth-order valence-electron chi connectivity index (χ4n) is 3.72. The van der Waals surface area contributed by atoms with E-state index >= 15 is 0 Å². The molecule has 4 nitrogen and oxygen atoms in total. The number of ether oxygens (including phenoxy) is 1. The molecule has 0 aliphatic heterocycles. The number of fused-ring (bicyclic) bond motifs is 1. The molecule has 0 radical (unpaired) electrons. The normalized spacial score (nSPS) is 13.4. The molecule has 2 aromatic carbocycles. The van der Waals surface area contributed by atoms with Gasteiger partial charge in [-0.25, -0.2) is 4.98 Å². The molecule has 4 heteroatoms. The zero-order valence-electron chi connectivity index (χ0n) is 17.2. The summed E-state index contributed by atoms with van der Waals surface area (Å²) >= 11 is 0. The predicted molar refractivity (Wildman–Crippen MR) is 117 cm³/mol. The van der Waals surface area contributed by atoms with Crippen LogP contribution in [-0.4, -0.2) is 35.5 Å². The van der Waals surface area contributed by atoms with Crippen LogP contribution in [0.5, 0.6) is 5.75 Å². The summed E-state index contributed by atoms with van der Waals surface area (Å²) in [5.41, 5.74) is 3.40. The Morgan fingerprint density at radius 3 is 2.55 bits per heavy atom. The van der Waals surface area contributed by atoms with Crippen LogP contribution in [0.2, 0.25) is 0 Å². The number of aromatic nitrogens is 1. The van der Waals surface area contributed by atoms with Gasteiger partial charge < -0.3 is 9.64 Å². The summed E-state index contributed by atoms with van der Waals surface area (Å²) in [6, 6.07) is 17.8. The van der Waals surface area contributed by atoms with E-state index in [0.717, 1.165) is 53.0 Å². The molecule has 0 atom stereocenters. The van der Waals surface area contributed by atoms with Gasteiger partial charge in [-0.2, -0.15) is 0 Å². The largest absolute Gasteiger partial charge is 0.494 e. The lowest BCUT2D eigenvalue weighted by molar-refractivity contribution is 0.0749. The fraction of sp³-hybridized carbons (Fsp3) is 0.360. The first-order valence-electron chi connectivity index (χ1n) is 10.6.